The van der Waals surface area contributed by atoms with E-state index in [0.717, 1.165) is 35.7 Å². The predicted octanol–water partition coefficient (Wildman–Crippen LogP) is 3.34. The number of hydrogen-bond donors (Lipinski definition) is 1. The first-order chi connectivity index (χ1) is 10.6. The lowest BCUT2D eigenvalue weighted by Gasteiger charge is -2.21. The molecule has 0 spiro atoms. The molecule has 3 rings (SSSR count). The van der Waals surface area contributed by atoms with Gasteiger partial charge in [0.25, 0.3) is 0 Å². The quantitative estimate of drug-likeness (QED) is 0.919. The van der Waals surface area contributed by atoms with E-state index in [1.807, 2.05) is 13.0 Å². The van der Waals surface area contributed by atoms with E-state index >= 15 is 0 Å². The molecule has 5 heteroatoms. The molecular formula is C17H23N3O2. The molecule has 1 fully saturated rings. The number of hydrogen-bond acceptors (Lipinski definition) is 3. The van der Waals surface area contributed by atoms with Crippen LogP contribution in [0.3, 0.4) is 0 Å². The van der Waals surface area contributed by atoms with Gasteiger partial charge in [-0.1, -0.05) is 32.1 Å². The highest BCUT2D eigenvalue weighted by Crippen LogP contribution is 2.28. The molecule has 2 aromatic heterocycles. The van der Waals surface area contributed by atoms with Gasteiger partial charge >= 0.3 is 5.97 Å². The molecule has 0 atom stereocenters. The highest BCUT2D eigenvalue weighted by atomic mass is 16.4. The van der Waals surface area contributed by atoms with Gasteiger partial charge in [-0.2, -0.15) is 0 Å². The molecule has 1 N–H and O–H groups in total. The smallest absolute Gasteiger partial charge is 0.323 e. The molecule has 2 aromatic rings. The fraction of sp³-hybridized carbons (Fsp3) is 0.588. The minimum absolute atomic E-state index is 0.0629. The molecule has 1 aliphatic rings. The molecule has 0 amide bonds. The Morgan fingerprint density at radius 3 is 2.86 bits per heavy atom. The monoisotopic (exact) mass is 301 g/mol. The second kappa shape index (κ2) is 6.46. The second-order valence-corrected chi connectivity index (χ2v) is 6.41. The lowest BCUT2D eigenvalue weighted by molar-refractivity contribution is -0.137. The molecule has 0 aromatic carbocycles. The number of pyridine rings is 1. The zero-order chi connectivity index (χ0) is 15.5. The van der Waals surface area contributed by atoms with Crippen LogP contribution >= 0.6 is 0 Å². The Hall–Kier alpha value is -1.91. The summed E-state index contributed by atoms with van der Waals surface area (Å²) in [7, 11) is 0. The standard InChI is InChI=1S/C17H23N3O2/c1-12-9-14-17(18-10-12)20(11-16(21)22)15(19-14)8-7-13-5-3-2-4-6-13/h9-10,13H,2-8,11H2,1H3,(H,21,22). The van der Waals surface area contributed by atoms with E-state index in [1.54, 1.807) is 10.8 Å². The van der Waals surface area contributed by atoms with Crippen LogP contribution < -0.4 is 0 Å². The van der Waals surface area contributed by atoms with Crippen LogP contribution in [0.25, 0.3) is 11.2 Å². The molecule has 5 nitrogen and oxygen atoms in total. The first-order valence-electron chi connectivity index (χ1n) is 8.17. The minimum atomic E-state index is -0.847. The van der Waals surface area contributed by atoms with Gasteiger partial charge in [-0.3, -0.25) is 4.79 Å². The average molecular weight is 301 g/mol. The number of carboxylic acids is 1. The van der Waals surface area contributed by atoms with Crippen molar-refractivity contribution in [3.8, 4) is 0 Å². The van der Waals surface area contributed by atoms with Crippen LogP contribution in [0.1, 0.15) is 49.9 Å². The van der Waals surface area contributed by atoms with Gasteiger partial charge in [0.2, 0.25) is 0 Å². The Labute approximate surface area is 130 Å². The Morgan fingerprint density at radius 1 is 1.36 bits per heavy atom. The van der Waals surface area contributed by atoms with Crippen molar-refractivity contribution < 1.29 is 9.90 Å². The van der Waals surface area contributed by atoms with Crippen LogP contribution in [0.15, 0.2) is 12.3 Å². The number of rotatable bonds is 5. The highest BCUT2D eigenvalue weighted by Gasteiger charge is 2.18. The Balaban J connectivity index is 1.84. The molecule has 0 unspecified atom stereocenters. The second-order valence-electron chi connectivity index (χ2n) is 6.41. The molecule has 0 saturated heterocycles. The van der Waals surface area contributed by atoms with Crippen molar-refractivity contribution in [2.24, 2.45) is 5.92 Å². The number of aromatic nitrogens is 3. The Kier molecular flexibility index (Phi) is 4.41. The summed E-state index contributed by atoms with van der Waals surface area (Å²) in [5.41, 5.74) is 2.54. The summed E-state index contributed by atoms with van der Waals surface area (Å²) in [6.45, 7) is 1.91. The lowest BCUT2D eigenvalue weighted by atomic mass is 9.86. The van der Waals surface area contributed by atoms with Crippen molar-refractivity contribution in [1.29, 1.82) is 0 Å². The summed E-state index contributed by atoms with van der Waals surface area (Å²) in [5.74, 6) is 0.781. The maximum atomic E-state index is 11.2. The molecule has 22 heavy (non-hydrogen) atoms. The largest absolute Gasteiger partial charge is 0.480 e. The third kappa shape index (κ3) is 3.29. The van der Waals surface area contributed by atoms with E-state index in [0.29, 0.717) is 5.65 Å². The summed E-state index contributed by atoms with van der Waals surface area (Å²) < 4.78 is 1.76. The molecule has 0 aliphatic heterocycles. The number of imidazole rings is 1. The van der Waals surface area contributed by atoms with Gasteiger partial charge in [-0.25, -0.2) is 9.97 Å². The maximum absolute atomic E-state index is 11.2. The van der Waals surface area contributed by atoms with Crippen LogP contribution in [0.2, 0.25) is 0 Å². The van der Waals surface area contributed by atoms with Gasteiger partial charge in [-0.05, 0) is 30.9 Å². The average Bonchev–Trinajstić information content (AvgIpc) is 2.82. The van der Waals surface area contributed by atoms with Crippen molar-refractivity contribution in [3.63, 3.8) is 0 Å². The summed E-state index contributed by atoms with van der Waals surface area (Å²) in [4.78, 5) is 20.2. The van der Waals surface area contributed by atoms with Gasteiger partial charge in [0.1, 0.15) is 17.9 Å². The molecule has 1 aliphatic carbocycles. The fourth-order valence-electron chi connectivity index (χ4n) is 3.46. The zero-order valence-corrected chi connectivity index (χ0v) is 13.1. The molecule has 118 valence electrons. The number of carboxylic acid groups (broad SMARTS) is 1. The number of carbonyl (C=O) groups is 1. The van der Waals surface area contributed by atoms with E-state index in [2.05, 4.69) is 9.97 Å². The lowest BCUT2D eigenvalue weighted by Crippen LogP contribution is -2.14. The molecule has 0 radical (unpaired) electrons. The molecule has 2 heterocycles. The SMILES string of the molecule is Cc1cnc2c(c1)nc(CCC1CCCCC1)n2CC(=O)O. The van der Waals surface area contributed by atoms with Crippen molar-refractivity contribution in [3.05, 3.63) is 23.7 Å². The Bertz CT molecular complexity index is 672. The number of fused-ring (bicyclic) bond motifs is 1. The van der Waals surface area contributed by atoms with Crippen LogP contribution in [0.4, 0.5) is 0 Å². The molecular weight excluding hydrogens is 278 g/mol. The van der Waals surface area contributed by atoms with Gasteiger partial charge in [0.15, 0.2) is 5.65 Å². The minimum Gasteiger partial charge on any atom is -0.480 e. The van der Waals surface area contributed by atoms with Crippen molar-refractivity contribution in [2.45, 2.75) is 58.4 Å². The van der Waals surface area contributed by atoms with Crippen molar-refractivity contribution >= 4 is 17.1 Å². The summed E-state index contributed by atoms with van der Waals surface area (Å²) in [5, 5.41) is 9.16. The van der Waals surface area contributed by atoms with Crippen molar-refractivity contribution in [1.82, 2.24) is 14.5 Å². The van der Waals surface area contributed by atoms with E-state index in [1.165, 1.54) is 32.1 Å². The molecule has 1 saturated carbocycles. The third-order valence-corrected chi connectivity index (χ3v) is 4.60. The van der Waals surface area contributed by atoms with Gasteiger partial charge in [0.05, 0.1) is 0 Å². The first-order valence-corrected chi connectivity index (χ1v) is 8.17. The number of aliphatic carboxylic acids is 1. The van der Waals surface area contributed by atoms with Crippen LogP contribution in [-0.4, -0.2) is 25.6 Å². The predicted molar refractivity (Wildman–Crippen MR) is 84.8 cm³/mol. The van der Waals surface area contributed by atoms with Gasteiger partial charge in [-0.15, -0.1) is 0 Å². The molecule has 0 bridgehead atoms. The van der Waals surface area contributed by atoms with E-state index in [-0.39, 0.29) is 6.54 Å². The van der Waals surface area contributed by atoms with E-state index in [4.69, 9.17) is 5.11 Å². The summed E-state index contributed by atoms with van der Waals surface area (Å²) >= 11 is 0. The van der Waals surface area contributed by atoms with Crippen molar-refractivity contribution in [2.75, 3.05) is 0 Å². The summed E-state index contributed by atoms with van der Waals surface area (Å²) in [6.07, 6.45) is 10.3. The van der Waals surface area contributed by atoms with Gasteiger partial charge < -0.3 is 9.67 Å². The normalized spacial score (nSPS) is 16.2. The zero-order valence-electron chi connectivity index (χ0n) is 13.1. The van der Waals surface area contributed by atoms with E-state index in [9.17, 15) is 4.79 Å². The maximum Gasteiger partial charge on any atom is 0.323 e. The number of nitrogens with zero attached hydrogens (tertiary/aromatic N) is 3. The topological polar surface area (TPSA) is 68.0 Å². The van der Waals surface area contributed by atoms with Crippen LogP contribution in [-0.2, 0) is 17.8 Å². The fourth-order valence-corrected chi connectivity index (χ4v) is 3.46. The first kappa shape index (κ1) is 15.0. The summed E-state index contributed by atoms with van der Waals surface area (Å²) in [6, 6.07) is 1.98. The van der Waals surface area contributed by atoms with Crippen LogP contribution in [0.5, 0.6) is 0 Å². The highest BCUT2D eigenvalue weighted by molar-refractivity contribution is 5.75. The Morgan fingerprint density at radius 2 is 2.14 bits per heavy atom. The number of aryl methyl sites for hydroxylation is 2. The van der Waals surface area contributed by atoms with Gasteiger partial charge in [0, 0.05) is 12.6 Å². The van der Waals surface area contributed by atoms with Crippen LogP contribution in [0, 0.1) is 12.8 Å². The third-order valence-electron chi connectivity index (χ3n) is 4.60. The van der Waals surface area contributed by atoms with E-state index < -0.39 is 5.97 Å².